The smallest absolute Gasteiger partial charge is 0.0795 e. The van der Waals surface area contributed by atoms with E-state index in [0.717, 1.165) is 38.3 Å². The van der Waals surface area contributed by atoms with Gasteiger partial charge in [0.25, 0.3) is 0 Å². The minimum atomic E-state index is 0.621. The first-order chi connectivity index (χ1) is 6.45. The van der Waals surface area contributed by atoms with Crippen LogP contribution in [0.5, 0.6) is 0 Å². The number of hydrogen-bond donors (Lipinski definition) is 1. The van der Waals surface area contributed by atoms with E-state index in [9.17, 15) is 0 Å². The minimum Gasteiger partial charge on any atom is -0.381 e. The van der Waals surface area contributed by atoms with Crippen molar-refractivity contribution in [1.29, 1.82) is 0 Å². The van der Waals surface area contributed by atoms with Gasteiger partial charge < -0.3 is 10.1 Å². The van der Waals surface area contributed by atoms with Crippen LogP contribution in [0.2, 0.25) is 0 Å². The summed E-state index contributed by atoms with van der Waals surface area (Å²) in [4.78, 5) is 4.23. The molecule has 0 saturated carbocycles. The highest BCUT2D eigenvalue weighted by molar-refractivity contribution is 7.07. The first-order valence-corrected chi connectivity index (χ1v) is 5.57. The summed E-state index contributed by atoms with van der Waals surface area (Å²) < 4.78 is 5.28. The number of ether oxygens (including phenoxy) is 1. The molecule has 2 heterocycles. The molecule has 0 aliphatic carbocycles. The van der Waals surface area contributed by atoms with Gasteiger partial charge in [-0.1, -0.05) is 0 Å². The highest BCUT2D eigenvalue weighted by atomic mass is 32.1. The average molecular weight is 198 g/mol. The van der Waals surface area contributed by atoms with Crippen LogP contribution in [0.4, 0.5) is 0 Å². The minimum absolute atomic E-state index is 0.621. The molecule has 1 saturated heterocycles. The fourth-order valence-corrected chi connectivity index (χ4v) is 2.03. The maximum atomic E-state index is 5.28. The van der Waals surface area contributed by atoms with Gasteiger partial charge in [-0.25, -0.2) is 4.98 Å². The van der Waals surface area contributed by atoms with E-state index in [0.29, 0.717) is 6.04 Å². The number of nitrogens with zero attached hydrogens (tertiary/aromatic N) is 1. The molecule has 1 fully saturated rings. The zero-order valence-electron chi connectivity index (χ0n) is 7.53. The second kappa shape index (κ2) is 4.69. The van der Waals surface area contributed by atoms with Crippen LogP contribution in [0.1, 0.15) is 18.5 Å². The lowest BCUT2D eigenvalue weighted by molar-refractivity contribution is 0.0775. The summed E-state index contributed by atoms with van der Waals surface area (Å²) in [5, 5.41) is 5.58. The Hall–Kier alpha value is -0.450. The van der Waals surface area contributed by atoms with Crippen LogP contribution in [-0.4, -0.2) is 24.2 Å². The number of hydrogen-bond acceptors (Lipinski definition) is 4. The van der Waals surface area contributed by atoms with Crippen molar-refractivity contribution < 1.29 is 4.74 Å². The molecule has 0 atom stereocenters. The molecule has 72 valence electrons. The molecule has 1 aliphatic rings. The highest BCUT2D eigenvalue weighted by Gasteiger charge is 2.12. The maximum Gasteiger partial charge on any atom is 0.0795 e. The van der Waals surface area contributed by atoms with Crippen molar-refractivity contribution in [3.63, 3.8) is 0 Å². The van der Waals surface area contributed by atoms with E-state index in [1.165, 1.54) is 0 Å². The van der Waals surface area contributed by atoms with Gasteiger partial charge in [0.15, 0.2) is 0 Å². The van der Waals surface area contributed by atoms with Crippen LogP contribution in [0.25, 0.3) is 0 Å². The maximum absolute atomic E-state index is 5.28. The molecule has 4 heteroatoms. The molecule has 0 amide bonds. The van der Waals surface area contributed by atoms with Crippen LogP contribution in [0, 0.1) is 0 Å². The Morgan fingerprint density at radius 2 is 2.38 bits per heavy atom. The lowest BCUT2D eigenvalue weighted by Gasteiger charge is -2.22. The van der Waals surface area contributed by atoms with E-state index in [1.54, 1.807) is 11.3 Å². The van der Waals surface area contributed by atoms with E-state index >= 15 is 0 Å². The van der Waals surface area contributed by atoms with Crippen molar-refractivity contribution in [1.82, 2.24) is 10.3 Å². The molecule has 0 bridgehead atoms. The van der Waals surface area contributed by atoms with Crippen molar-refractivity contribution in [2.45, 2.75) is 25.4 Å². The van der Waals surface area contributed by atoms with Crippen LogP contribution < -0.4 is 5.32 Å². The average Bonchev–Trinajstić information content (AvgIpc) is 2.69. The zero-order chi connectivity index (χ0) is 8.93. The number of rotatable bonds is 3. The summed E-state index contributed by atoms with van der Waals surface area (Å²) in [5.41, 5.74) is 3.03. The monoisotopic (exact) mass is 198 g/mol. The normalized spacial score (nSPS) is 19.1. The molecule has 0 unspecified atom stereocenters. The molecule has 3 nitrogen and oxygen atoms in total. The third-order valence-electron chi connectivity index (χ3n) is 2.28. The summed E-state index contributed by atoms with van der Waals surface area (Å²) in [6.07, 6.45) is 2.26. The van der Waals surface area contributed by atoms with Crippen molar-refractivity contribution >= 4 is 11.3 Å². The van der Waals surface area contributed by atoms with E-state index < -0.39 is 0 Å². The fourth-order valence-electron chi connectivity index (χ4n) is 1.48. The van der Waals surface area contributed by atoms with Crippen LogP contribution in [-0.2, 0) is 11.3 Å². The van der Waals surface area contributed by atoms with Gasteiger partial charge in [0.2, 0.25) is 0 Å². The predicted octanol–water partition coefficient (Wildman–Crippen LogP) is 1.41. The zero-order valence-corrected chi connectivity index (χ0v) is 8.35. The van der Waals surface area contributed by atoms with Gasteiger partial charge in [0, 0.05) is 31.2 Å². The van der Waals surface area contributed by atoms with Crippen molar-refractivity contribution in [2.24, 2.45) is 0 Å². The Morgan fingerprint density at radius 1 is 1.54 bits per heavy atom. The molecule has 13 heavy (non-hydrogen) atoms. The quantitative estimate of drug-likeness (QED) is 0.797. The molecule has 1 N–H and O–H groups in total. The Morgan fingerprint density at radius 3 is 3.08 bits per heavy atom. The standard InChI is InChI=1S/C9H14N2OS/c1-3-12-4-2-8(1)10-5-9-6-13-7-11-9/h6-8,10H,1-5H2. The summed E-state index contributed by atoms with van der Waals surface area (Å²) >= 11 is 1.65. The first-order valence-electron chi connectivity index (χ1n) is 4.63. The SMILES string of the molecule is c1nc(CNC2CCOCC2)cs1. The predicted molar refractivity (Wildman–Crippen MR) is 52.8 cm³/mol. The lowest BCUT2D eigenvalue weighted by atomic mass is 10.1. The molecule has 0 aromatic carbocycles. The van der Waals surface area contributed by atoms with Gasteiger partial charge >= 0.3 is 0 Å². The molecule has 1 aromatic heterocycles. The van der Waals surface area contributed by atoms with E-state index in [4.69, 9.17) is 4.74 Å². The Kier molecular flexibility index (Phi) is 3.29. The van der Waals surface area contributed by atoms with E-state index in [2.05, 4.69) is 15.7 Å². The topological polar surface area (TPSA) is 34.2 Å². The molecular formula is C9H14N2OS. The van der Waals surface area contributed by atoms with Gasteiger partial charge in [-0.15, -0.1) is 11.3 Å². The molecule has 1 aliphatic heterocycles. The van der Waals surface area contributed by atoms with Gasteiger partial charge in [0.1, 0.15) is 0 Å². The number of aromatic nitrogens is 1. The second-order valence-electron chi connectivity index (χ2n) is 3.25. The molecular weight excluding hydrogens is 184 g/mol. The van der Waals surface area contributed by atoms with Gasteiger partial charge in [-0.2, -0.15) is 0 Å². The van der Waals surface area contributed by atoms with Crippen LogP contribution in [0.3, 0.4) is 0 Å². The van der Waals surface area contributed by atoms with Gasteiger partial charge in [0.05, 0.1) is 11.2 Å². The van der Waals surface area contributed by atoms with E-state index in [1.807, 2.05) is 5.51 Å². The Balaban J connectivity index is 1.72. The van der Waals surface area contributed by atoms with E-state index in [-0.39, 0.29) is 0 Å². The summed E-state index contributed by atoms with van der Waals surface area (Å²) in [6.45, 7) is 2.69. The molecule has 2 rings (SSSR count). The molecule has 0 radical (unpaired) electrons. The summed E-state index contributed by atoms with van der Waals surface area (Å²) in [7, 11) is 0. The van der Waals surface area contributed by atoms with Crippen LogP contribution in [0.15, 0.2) is 10.9 Å². The largest absolute Gasteiger partial charge is 0.381 e. The molecule has 0 spiro atoms. The second-order valence-corrected chi connectivity index (χ2v) is 3.97. The first kappa shape index (κ1) is 9.12. The third kappa shape index (κ3) is 2.76. The fraction of sp³-hybridized carbons (Fsp3) is 0.667. The lowest BCUT2D eigenvalue weighted by Crippen LogP contribution is -2.34. The Labute approximate surface area is 82.1 Å². The van der Waals surface area contributed by atoms with Crippen molar-refractivity contribution in [2.75, 3.05) is 13.2 Å². The number of thiazole rings is 1. The van der Waals surface area contributed by atoms with Crippen molar-refractivity contribution in [3.05, 3.63) is 16.6 Å². The third-order valence-corrected chi connectivity index (χ3v) is 2.91. The number of nitrogens with one attached hydrogen (secondary N) is 1. The van der Waals surface area contributed by atoms with Crippen molar-refractivity contribution in [3.8, 4) is 0 Å². The van der Waals surface area contributed by atoms with Gasteiger partial charge in [-0.3, -0.25) is 0 Å². The summed E-state index contributed by atoms with van der Waals surface area (Å²) in [5.74, 6) is 0. The summed E-state index contributed by atoms with van der Waals surface area (Å²) in [6, 6.07) is 0.621. The van der Waals surface area contributed by atoms with Gasteiger partial charge in [-0.05, 0) is 12.8 Å². The molecule has 1 aromatic rings. The highest BCUT2D eigenvalue weighted by Crippen LogP contribution is 2.07. The Bertz CT molecular complexity index is 232. The van der Waals surface area contributed by atoms with Crippen LogP contribution >= 0.6 is 11.3 Å².